The molecule has 0 aromatic carbocycles. The average molecular weight is 280 g/mol. The van der Waals surface area contributed by atoms with Crippen LogP contribution in [0, 0.1) is 12.3 Å². The summed E-state index contributed by atoms with van der Waals surface area (Å²) in [5.41, 5.74) is 5.52. The van der Waals surface area contributed by atoms with Gasteiger partial charge < -0.3 is 15.6 Å². The summed E-state index contributed by atoms with van der Waals surface area (Å²) in [5.74, 6) is 1.26. The predicted octanol–water partition coefficient (Wildman–Crippen LogP) is 1.34. The molecule has 0 aliphatic heterocycles. The number of aryl methyl sites for hydroxylation is 1. The molecule has 1 saturated carbocycles. The Morgan fingerprint density at radius 1 is 1.35 bits per heavy atom. The molecule has 1 aliphatic carbocycles. The van der Waals surface area contributed by atoms with Crippen molar-refractivity contribution in [3.8, 4) is 0 Å². The molecule has 6 nitrogen and oxygen atoms in total. The molecule has 0 unspecified atom stereocenters. The van der Waals surface area contributed by atoms with Crippen LogP contribution in [-0.2, 0) is 11.2 Å². The summed E-state index contributed by atoms with van der Waals surface area (Å²) in [6, 6.07) is 0. The number of aromatic nitrogens is 2. The first-order valence-electron chi connectivity index (χ1n) is 7.44. The van der Waals surface area contributed by atoms with Crippen LogP contribution in [-0.4, -0.2) is 29.1 Å². The first-order valence-corrected chi connectivity index (χ1v) is 7.44. The fourth-order valence-electron chi connectivity index (χ4n) is 2.85. The number of carbonyl (C=O) groups is 1. The van der Waals surface area contributed by atoms with Crippen LogP contribution in [0.3, 0.4) is 0 Å². The third-order valence-corrected chi connectivity index (χ3v) is 4.14. The van der Waals surface area contributed by atoms with Gasteiger partial charge in [-0.05, 0) is 12.8 Å². The minimum atomic E-state index is -0.371. The smallest absolute Gasteiger partial charge is 0.227 e. The number of amides is 1. The number of hydrogen-bond acceptors (Lipinski definition) is 5. The zero-order chi connectivity index (χ0) is 14.4. The molecule has 3 N–H and O–H groups in total. The van der Waals surface area contributed by atoms with Crippen LogP contribution in [0.5, 0.6) is 0 Å². The average Bonchev–Trinajstić information content (AvgIpc) is 2.73. The second kappa shape index (κ2) is 6.83. The van der Waals surface area contributed by atoms with E-state index < -0.39 is 0 Å². The number of hydrogen-bond donors (Lipinski definition) is 2. The minimum absolute atomic E-state index is 0.0853. The van der Waals surface area contributed by atoms with Gasteiger partial charge in [0.05, 0.1) is 5.41 Å². The minimum Gasteiger partial charge on any atom is -0.355 e. The lowest BCUT2D eigenvalue weighted by atomic mass is 9.79. The Hall–Kier alpha value is -1.43. The van der Waals surface area contributed by atoms with Crippen molar-refractivity contribution in [1.29, 1.82) is 0 Å². The van der Waals surface area contributed by atoms with Crippen molar-refractivity contribution < 1.29 is 9.32 Å². The molecule has 1 heterocycles. The van der Waals surface area contributed by atoms with E-state index in [9.17, 15) is 4.79 Å². The summed E-state index contributed by atoms with van der Waals surface area (Å²) >= 11 is 0. The summed E-state index contributed by atoms with van der Waals surface area (Å²) in [6.07, 6.45) is 6.98. The van der Waals surface area contributed by atoms with Crippen LogP contribution >= 0.6 is 0 Å². The number of carbonyl (C=O) groups excluding carboxylic acids is 1. The Morgan fingerprint density at radius 3 is 2.60 bits per heavy atom. The van der Waals surface area contributed by atoms with Gasteiger partial charge in [-0.2, -0.15) is 4.98 Å². The van der Waals surface area contributed by atoms with Crippen LogP contribution in [0.2, 0.25) is 0 Å². The van der Waals surface area contributed by atoms with Crippen LogP contribution < -0.4 is 11.1 Å². The first-order chi connectivity index (χ1) is 9.66. The van der Waals surface area contributed by atoms with Gasteiger partial charge in [0, 0.05) is 26.4 Å². The normalized spacial score (nSPS) is 18.5. The molecule has 1 amide bonds. The molecule has 0 atom stereocenters. The maximum atomic E-state index is 12.4. The van der Waals surface area contributed by atoms with Gasteiger partial charge in [0.2, 0.25) is 11.8 Å². The van der Waals surface area contributed by atoms with E-state index in [2.05, 4.69) is 15.5 Å². The molecular formula is C14H24N4O2. The number of nitrogens with one attached hydrogen (secondary N) is 1. The Morgan fingerprint density at radius 2 is 2.05 bits per heavy atom. The molecule has 112 valence electrons. The highest BCUT2D eigenvalue weighted by Gasteiger charge is 2.36. The van der Waals surface area contributed by atoms with Crippen molar-refractivity contribution in [1.82, 2.24) is 15.5 Å². The second-order valence-corrected chi connectivity index (χ2v) is 5.63. The van der Waals surface area contributed by atoms with E-state index in [4.69, 9.17) is 10.3 Å². The maximum absolute atomic E-state index is 12.4. The fraction of sp³-hybridized carbons (Fsp3) is 0.786. The number of rotatable bonds is 5. The fourth-order valence-corrected chi connectivity index (χ4v) is 2.85. The van der Waals surface area contributed by atoms with Crippen molar-refractivity contribution >= 4 is 5.91 Å². The van der Waals surface area contributed by atoms with E-state index in [1.165, 1.54) is 12.8 Å². The predicted molar refractivity (Wildman–Crippen MR) is 74.9 cm³/mol. The Balaban J connectivity index is 1.85. The van der Waals surface area contributed by atoms with E-state index in [0.29, 0.717) is 31.2 Å². The molecule has 20 heavy (non-hydrogen) atoms. The van der Waals surface area contributed by atoms with Gasteiger partial charge in [-0.25, -0.2) is 0 Å². The van der Waals surface area contributed by atoms with E-state index in [-0.39, 0.29) is 11.3 Å². The van der Waals surface area contributed by atoms with Crippen molar-refractivity contribution in [3.63, 3.8) is 0 Å². The summed E-state index contributed by atoms with van der Waals surface area (Å²) in [7, 11) is 0. The van der Waals surface area contributed by atoms with E-state index >= 15 is 0 Å². The lowest BCUT2D eigenvalue weighted by molar-refractivity contribution is -0.131. The quantitative estimate of drug-likeness (QED) is 0.794. The lowest BCUT2D eigenvalue weighted by Crippen LogP contribution is -2.46. The van der Waals surface area contributed by atoms with Crippen molar-refractivity contribution in [3.05, 3.63) is 11.7 Å². The van der Waals surface area contributed by atoms with Gasteiger partial charge in [0.25, 0.3) is 0 Å². The third kappa shape index (κ3) is 3.56. The van der Waals surface area contributed by atoms with E-state index in [1.807, 2.05) is 0 Å². The molecule has 0 spiro atoms. The molecule has 1 aromatic heterocycles. The molecule has 0 bridgehead atoms. The molecule has 0 saturated heterocycles. The molecule has 1 aliphatic rings. The zero-order valence-corrected chi connectivity index (χ0v) is 12.2. The Labute approximate surface area is 119 Å². The summed E-state index contributed by atoms with van der Waals surface area (Å²) < 4.78 is 4.90. The van der Waals surface area contributed by atoms with Crippen molar-refractivity contribution in [2.45, 2.75) is 51.9 Å². The SMILES string of the molecule is Cc1nc(CCNC(=O)C2(CN)CCCCCC2)no1. The van der Waals surface area contributed by atoms with Gasteiger partial charge >= 0.3 is 0 Å². The van der Waals surface area contributed by atoms with Crippen LogP contribution in [0.25, 0.3) is 0 Å². The Bertz CT molecular complexity index is 436. The molecule has 6 heteroatoms. The highest BCUT2D eigenvalue weighted by atomic mass is 16.5. The second-order valence-electron chi connectivity index (χ2n) is 5.63. The van der Waals surface area contributed by atoms with Crippen LogP contribution in [0.4, 0.5) is 0 Å². The highest BCUT2D eigenvalue weighted by molar-refractivity contribution is 5.82. The monoisotopic (exact) mass is 280 g/mol. The van der Waals surface area contributed by atoms with Gasteiger partial charge in [-0.15, -0.1) is 0 Å². The van der Waals surface area contributed by atoms with Gasteiger partial charge in [-0.3, -0.25) is 4.79 Å². The summed E-state index contributed by atoms with van der Waals surface area (Å²) in [6.45, 7) is 2.71. The largest absolute Gasteiger partial charge is 0.355 e. The van der Waals surface area contributed by atoms with Gasteiger partial charge in [0.15, 0.2) is 5.82 Å². The number of nitrogens with zero attached hydrogens (tertiary/aromatic N) is 2. The maximum Gasteiger partial charge on any atom is 0.227 e. The van der Waals surface area contributed by atoms with Crippen molar-refractivity contribution in [2.75, 3.05) is 13.1 Å². The highest BCUT2D eigenvalue weighted by Crippen LogP contribution is 2.34. The molecule has 1 fully saturated rings. The summed E-state index contributed by atoms with van der Waals surface area (Å²) in [4.78, 5) is 16.6. The van der Waals surface area contributed by atoms with Gasteiger partial charge in [0.1, 0.15) is 0 Å². The third-order valence-electron chi connectivity index (χ3n) is 4.14. The topological polar surface area (TPSA) is 94.0 Å². The zero-order valence-electron chi connectivity index (χ0n) is 12.2. The van der Waals surface area contributed by atoms with E-state index in [0.717, 1.165) is 25.7 Å². The standard InChI is InChI=1S/C14H24N4O2/c1-11-17-12(18-20-11)6-9-16-13(19)14(10-15)7-4-2-3-5-8-14/h2-10,15H2,1H3,(H,16,19). The first kappa shape index (κ1) is 15.0. The molecular weight excluding hydrogens is 256 g/mol. The summed E-state index contributed by atoms with van der Waals surface area (Å²) in [5, 5.41) is 6.80. The number of nitrogens with two attached hydrogens (primary N) is 1. The van der Waals surface area contributed by atoms with Crippen molar-refractivity contribution in [2.24, 2.45) is 11.1 Å². The molecule has 1 aromatic rings. The van der Waals surface area contributed by atoms with Crippen LogP contribution in [0.1, 0.15) is 50.2 Å². The van der Waals surface area contributed by atoms with Gasteiger partial charge in [-0.1, -0.05) is 30.8 Å². The van der Waals surface area contributed by atoms with Crippen LogP contribution in [0.15, 0.2) is 4.52 Å². The molecule has 0 radical (unpaired) electrons. The lowest BCUT2D eigenvalue weighted by Gasteiger charge is -2.29. The van der Waals surface area contributed by atoms with E-state index in [1.54, 1.807) is 6.92 Å². The molecule has 2 rings (SSSR count). The Kier molecular flexibility index (Phi) is 5.11.